The zero-order chi connectivity index (χ0) is 21.1. The van der Waals surface area contributed by atoms with E-state index in [4.69, 9.17) is 9.72 Å². The van der Waals surface area contributed by atoms with Gasteiger partial charge in [0.1, 0.15) is 23.0 Å². The minimum atomic E-state index is -1.02. The van der Waals surface area contributed by atoms with E-state index < -0.39 is 5.97 Å². The van der Waals surface area contributed by atoms with Gasteiger partial charge < -0.3 is 14.4 Å². The summed E-state index contributed by atoms with van der Waals surface area (Å²) in [6.07, 6.45) is 5.40. The molecule has 0 unspecified atom stereocenters. The molecule has 1 aliphatic carbocycles. The number of carboxylic acid groups (broad SMARTS) is 1. The molecule has 0 amide bonds. The topological polar surface area (TPSA) is 64.4 Å². The Morgan fingerprint density at radius 3 is 2.87 bits per heavy atom. The first kappa shape index (κ1) is 19.9. The molecule has 0 spiro atoms. The summed E-state index contributed by atoms with van der Waals surface area (Å²) in [5.74, 6) is -0.0488. The van der Waals surface area contributed by atoms with Crippen LogP contribution in [-0.2, 0) is 13.0 Å². The van der Waals surface area contributed by atoms with Gasteiger partial charge in [0, 0.05) is 13.0 Å². The number of hydrogen-bond donors (Lipinski definition) is 1. The van der Waals surface area contributed by atoms with Gasteiger partial charge in [-0.3, -0.25) is 0 Å². The van der Waals surface area contributed by atoms with E-state index in [0.29, 0.717) is 31.7 Å². The third-order valence-electron chi connectivity index (χ3n) is 5.24. The summed E-state index contributed by atoms with van der Waals surface area (Å²) in [7, 11) is 0. The van der Waals surface area contributed by atoms with Gasteiger partial charge in [0.2, 0.25) is 0 Å². The molecule has 5 nitrogen and oxygen atoms in total. The number of imidazole rings is 1. The number of allylic oxidation sites excluding steroid dienone is 4. The van der Waals surface area contributed by atoms with Crippen molar-refractivity contribution >= 4 is 17.0 Å². The number of aromatic carboxylic acids is 1. The molecule has 3 aromatic rings. The molecule has 4 rings (SSSR count). The molecule has 0 atom stereocenters. The van der Waals surface area contributed by atoms with Crippen LogP contribution in [-0.4, -0.2) is 27.2 Å². The van der Waals surface area contributed by atoms with E-state index in [1.807, 2.05) is 37.3 Å². The maximum absolute atomic E-state index is 14.3. The number of ether oxygens (including phenoxy) is 1. The first-order chi connectivity index (χ1) is 14.6. The van der Waals surface area contributed by atoms with Crippen LogP contribution >= 0.6 is 0 Å². The number of carboxylic acids is 1. The quantitative estimate of drug-likeness (QED) is 0.578. The Morgan fingerprint density at radius 2 is 2.10 bits per heavy atom. The largest absolute Gasteiger partial charge is 0.493 e. The fourth-order valence-electron chi connectivity index (χ4n) is 3.77. The molecule has 0 aliphatic heterocycles. The lowest BCUT2D eigenvalue weighted by atomic mass is 10.0. The van der Waals surface area contributed by atoms with E-state index >= 15 is 0 Å². The molecule has 0 saturated carbocycles. The number of nitrogens with zero attached hydrogens (tertiary/aromatic N) is 2. The van der Waals surface area contributed by atoms with E-state index in [2.05, 4.69) is 4.57 Å². The summed E-state index contributed by atoms with van der Waals surface area (Å²) in [6, 6.07) is 12.9. The summed E-state index contributed by atoms with van der Waals surface area (Å²) in [6.45, 7) is 2.64. The summed E-state index contributed by atoms with van der Waals surface area (Å²) in [5, 5.41) is 9.38. The summed E-state index contributed by atoms with van der Waals surface area (Å²) in [4.78, 5) is 16.2. The highest BCUT2D eigenvalue weighted by Gasteiger charge is 2.17. The maximum atomic E-state index is 14.3. The van der Waals surface area contributed by atoms with Crippen LogP contribution in [0, 0.1) is 0 Å². The lowest BCUT2D eigenvalue weighted by Crippen LogP contribution is -2.09. The highest BCUT2D eigenvalue weighted by molar-refractivity contribution is 5.91. The van der Waals surface area contributed by atoms with Gasteiger partial charge in [0.25, 0.3) is 0 Å². The number of fused-ring (bicyclic) bond motifs is 1. The second kappa shape index (κ2) is 8.53. The average molecular weight is 406 g/mol. The Hall–Kier alpha value is -3.41. The van der Waals surface area contributed by atoms with Gasteiger partial charge in [0.05, 0.1) is 17.6 Å². The van der Waals surface area contributed by atoms with Gasteiger partial charge in [-0.05, 0) is 61.2 Å². The molecule has 1 heterocycles. The van der Waals surface area contributed by atoms with Crippen molar-refractivity contribution in [2.75, 3.05) is 6.61 Å². The predicted molar refractivity (Wildman–Crippen MR) is 114 cm³/mol. The molecule has 0 fully saturated rings. The van der Waals surface area contributed by atoms with Gasteiger partial charge in [-0.25, -0.2) is 14.2 Å². The van der Waals surface area contributed by atoms with Crippen LogP contribution < -0.4 is 4.74 Å². The number of hydrogen-bond acceptors (Lipinski definition) is 3. The monoisotopic (exact) mass is 406 g/mol. The van der Waals surface area contributed by atoms with Crippen LogP contribution in [0.15, 0.2) is 66.0 Å². The molecular weight excluding hydrogens is 383 g/mol. The van der Waals surface area contributed by atoms with Crippen molar-refractivity contribution in [2.24, 2.45) is 0 Å². The second-order valence-electron chi connectivity index (χ2n) is 7.24. The Morgan fingerprint density at radius 1 is 1.27 bits per heavy atom. The first-order valence-corrected chi connectivity index (χ1v) is 10.0. The highest BCUT2D eigenvalue weighted by atomic mass is 19.1. The van der Waals surface area contributed by atoms with E-state index in [9.17, 15) is 14.3 Å². The van der Waals surface area contributed by atoms with Gasteiger partial charge in [0.15, 0.2) is 0 Å². The highest BCUT2D eigenvalue weighted by Crippen LogP contribution is 2.27. The van der Waals surface area contributed by atoms with Crippen LogP contribution in [0.2, 0.25) is 0 Å². The van der Waals surface area contributed by atoms with E-state index in [1.54, 1.807) is 18.2 Å². The van der Waals surface area contributed by atoms with E-state index in [1.165, 1.54) is 6.08 Å². The number of aromatic nitrogens is 2. The number of halogens is 1. The van der Waals surface area contributed by atoms with Gasteiger partial charge in [-0.1, -0.05) is 24.3 Å². The first-order valence-electron chi connectivity index (χ1n) is 10.0. The van der Waals surface area contributed by atoms with Crippen LogP contribution in [0.5, 0.6) is 5.75 Å². The van der Waals surface area contributed by atoms with E-state index in [-0.39, 0.29) is 11.4 Å². The lowest BCUT2D eigenvalue weighted by Gasteiger charge is -2.15. The molecule has 1 aliphatic rings. The smallest absolute Gasteiger partial charge is 0.339 e. The lowest BCUT2D eigenvalue weighted by molar-refractivity contribution is 0.0692. The van der Waals surface area contributed by atoms with Crippen molar-refractivity contribution < 1.29 is 19.0 Å². The summed E-state index contributed by atoms with van der Waals surface area (Å²) < 4.78 is 21.9. The van der Waals surface area contributed by atoms with Crippen molar-refractivity contribution in [3.05, 3.63) is 83.0 Å². The van der Waals surface area contributed by atoms with Crippen molar-refractivity contribution in [3.63, 3.8) is 0 Å². The number of benzene rings is 2. The van der Waals surface area contributed by atoms with Crippen molar-refractivity contribution in [1.29, 1.82) is 0 Å². The molecule has 0 saturated heterocycles. The van der Waals surface area contributed by atoms with E-state index in [0.717, 1.165) is 34.4 Å². The fraction of sp³-hybridized carbons (Fsp3) is 0.250. The molecular formula is C24H23FN2O3. The molecule has 6 heteroatoms. The zero-order valence-corrected chi connectivity index (χ0v) is 16.8. The molecule has 1 N–H and O–H groups in total. The predicted octanol–water partition coefficient (Wildman–Crippen LogP) is 5.30. The Labute approximate surface area is 174 Å². The normalized spacial score (nSPS) is 13.8. The maximum Gasteiger partial charge on any atom is 0.339 e. The standard InChI is InChI=1S/C24H23FN2O3/c1-2-30-22-13-16(11-12-18(22)24(28)29)14-23-26-20-9-5-6-10-21(20)27(23)15-17-7-3-4-8-19(17)25/h4-6,8-13H,2-3,7,14-15H2,1H3,(H,28,29). The van der Waals surface area contributed by atoms with Crippen LogP contribution in [0.1, 0.15) is 41.5 Å². The van der Waals surface area contributed by atoms with Gasteiger partial charge in [-0.15, -0.1) is 0 Å². The molecule has 0 radical (unpaired) electrons. The van der Waals surface area contributed by atoms with Crippen molar-refractivity contribution in [2.45, 2.75) is 32.7 Å². The van der Waals surface area contributed by atoms with Crippen molar-refractivity contribution in [1.82, 2.24) is 9.55 Å². The minimum Gasteiger partial charge on any atom is -0.493 e. The Kier molecular flexibility index (Phi) is 5.65. The fourth-order valence-corrected chi connectivity index (χ4v) is 3.77. The molecule has 2 aromatic carbocycles. The summed E-state index contributed by atoms with van der Waals surface area (Å²) in [5.41, 5.74) is 3.59. The minimum absolute atomic E-state index is 0.135. The Balaban J connectivity index is 1.73. The van der Waals surface area contributed by atoms with Gasteiger partial charge >= 0.3 is 5.97 Å². The summed E-state index contributed by atoms with van der Waals surface area (Å²) >= 11 is 0. The molecule has 1 aromatic heterocycles. The van der Waals surface area contributed by atoms with Crippen molar-refractivity contribution in [3.8, 4) is 5.75 Å². The van der Waals surface area contributed by atoms with Crippen LogP contribution in [0.4, 0.5) is 4.39 Å². The van der Waals surface area contributed by atoms with Crippen LogP contribution in [0.25, 0.3) is 11.0 Å². The zero-order valence-electron chi connectivity index (χ0n) is 16.8. The second-order valence-corrected chi connectivity index (χ2v) is 7.24. The SMILES string of the molecule is CCOc1cc(Cc2nc3ccccc3n2CC2=C(F)C=CCC2)ccc1C(=O)O. The number of carbonyl (C=O) groups is 1. The number of rotatable bonds is 7. The third kappa shape index (κ3) is 3.99. The Bertz CT molecular complexity index is 1160. The molecule has 30 heavy (non-hydrogen) atoms. The van der Waals surface area contributed by atoms with Crippen LogP contribution in [0.3, 0.4) is 0 Å². The average Bonchev–Trinajstić information content (AvgIpc) is 3.07. The van der Waals surface area contributed by atoms with Gasteiger partial charge in [-0.2, -0.15) is 0 Å². The molecule has 0 bridgehead atoms. The third-order valence-corrected chi connectivity index (χ3v) is 5.24. The molecule has 154 valence electrons. The number of para-hydroxylation sites is 2.